The number of carbonyl (C=O) groups excluding carboxylic acids is 1. The Morgan fingerprint density at radius 3 is 2.88 bits per heavy atom. The van der Waals surface area contributed by atoms with Gasteiger partial charge in [0.05, 0.1) is 20.1 Å². The van der Waals surface area contributed by atoms with Crippen molar-refractivity contribution in [3.63, 3.8) is 0 Å². The van der Waals surface area contributed by atoms with Crippen molar-refractivity contribution < 1.29 is 13.9 Å². The summed E-state index contributed by atoms with van der Waals surface area (Å²) in [5.41, 5.74) is 1.70. The third-order valence-corrected chi connectivity index (χ3v) is 5.69. The number of rotatable bonds is 8. The number of fused-ring (bicyclic) bond motifs is 1. The molecule has 1 aromatic heterocycles. The van der Waals surface area contributed by atoms with Gasteiger partial charge in [-0.2, -0.15) is 0 Å². The highest BCUT2D eigenvalue weighted by Crippen LogP contribution is 2.18. The minimum atomic E-state index is -0.342. The molecule has 0 unspecified atom stereocenters. The van der Waals surface area contributed by atoms with E-state index in [-0.39, 0.29) is 18.1 Å². The highest BCUT2D eigenvalue weighted by molar-refractivity contribution is 5.78. The van der Waals surface area contributed by atoms with Gasteiger partial charge in [0.1, 0.15) is 17.4 Å². The first-order chi connectivity index (χ1) is 16.1. The van der Waals surface area contributed by atoms with E-state index in [0.717, 1.165) is 55.6 Å². The highest BCUT2D eigenvalue weighted by atomic mass is 19.1. The third-order valence-electron chi connectivity index (χ3n) is 5.69. The molecular weight excluding hydrogens is 421 g/mol. The summed E-state index contributed by atoms with van der Waals surface area (Å²) in [7, 11) is 1.68. The van der Waals surface area contributed by atoms with Crippen molar-refractivity contribution in [3.8, 4) is 5.75 Å². The summed E-state index contributed by atoms with van der Waals surface area (Å²) in [5.74, 6) is 2.02. The summed E-state index contributed by atoms with van der Waals surface area (Å²) in [6, 6.07) is 14.0. The second-order valence-corrected chi connectivity index (χ2v) is 7.96. The van der Waals surface area contributed by atoms with Crippen molar-refractivity contribution >= 4 is 12.0 Å². The maximum absolute atomic E-state index is 13.3. The van der Waals surface area contributed by atoms with Crippen LogP contribution in [0.5, 0.6) is 5.75 Å². The smallest absolute Gasteiger partial charge is 0.224 e. The molecule has 0 spiro atoms. The predicted octanol–water partition coefficient (Wildman–Crippen LogP) is 2.86. The number of halogens is 1. The Bertz CT molecular complexity index is 1130. The van der Waals surface area contributed by atoms with Crippen LogP contribution in [0.4, 0.5) is 4.39 Å². The number of hydrogen-bond acceptors (Lipinski definition) is 5. The molecule has 8 heteroatoms. The van der Waals surface area contributed by atoms with E-state index in [1.807, 2.05) is 24.3 Å². The van der Waals surface area contributed by atoms with Crippen LogP contribution in [-0.2, 0) is 30.7 Å². The average Bonchev–Trinajstić information content (AvgIpc) is 3.09. The second-order valence-electron chi connectivity index (χ2n) is 7.96. The quantitative estimate of drug-likeness (QED) is 0.573. The first-order valence-corrected chi connectivity index (χ1v) is 11.1. The molecular formula is C25H28FN5O2. The normalized spacial score (nSPS) is 14.1. The Balaban J connectivity index is 1.29. The summed E-state index contributed by atoms with van der Waals surface area (Å²) < 4.78 is 20.8. The average molecular weight is 450 g/mol. The van der Waals surface area contributed by atoms with Gasteiger partial charge < -0.3 is 14.6 Å². The van der Waals surface area contributed by atoms with Gasteiger partial charge in [0.25, 0.3) is 0 Å². The van der Waals surface area contributed by atoms with Crippen LogP contribution in [0.25, 0.3) is 6.08 Å². The first kappa shape index (κ1) is 22.7. The maximum Gasteiger partial charge on any atom is 0.224 e. The Hall–Kier alpha value is -3.52. The highest BCUT2D eigenvalue weighted by Gasteiger charge is 2.18. The number of benzene rings is 2. The molecule has 33 heavy (non-hydrogen) atoms. The topological polar surface area (TPSA) is 72.3 Å². The van der Waals surface area contributed by atoms with Crippen LogP contribution < -0.4 is 10.1 Å². The van der Waals surface area contributed by atoms with Crippen molar-refractivity contribution in [3.05, 3.63) is 83.2 Å². The molecule has 2 heterocycles. The summed E-state index contributed by atoms with van der Waals surface area (Å²) in [6.07, 6.45) is 5.17. The standard InChI is InChI=1S/C25H28FN5O2/c1-33-22-10-3-2-7-20(22)8-5-12-30-13-11-23-28-29-24(31(23)15-14-30)18-27-25(32)17-19-6-4-9-21(26)16-19/h2-10,16H,11-15,17-18H2,1H3,(H,27,32). The second kappa shape index (κ2) is 10.9. The molecule has 0 aliphatic carbocycles. The van der Waals surface area contributed by atoms with Crippen LogP contribution >= 0.6 is 0 Å². The monoisotopic (exact) mass is 449 g/mol. The van der Waals surface area contributed by atoms with Gasteiger partial charge in [0.15, 0.2) is 5.82 Å². The number of methoxy groups -OCH3 is 1. The van der Waals surface area contributed by atoms with Gasteiger partial charge in [-0.1, -0.05) is 42.5 Å². The molecule has 0 bridgehead atoms. The fourth-order valence-corrected chi connectivity index (χ4v) is 3.95. The fraction of sp³-hybridized carbons (Fsp3) is 0.320. The molecule has 0 radical (unpaired) electrons. The molecule has 1 amide bonds. The lowest BCUT2D eigenvalue weighted by atomic mass is 10.1. The molecule has 3 aromatic rings. The molecule has 0 atom stereocenters. The van der Waals surface area contributed by atoms with E-state index >= 15 is 0 Å². The van der Waals surface area contributed by atoms with Gasteiger partial charge in [-0.3, -0.25) is 9.69 Å². The molecule has 172 valence electrons. The number of para-hydroxylation sites is 1. The molecule has 1 aliphatic rings. The molecule has 4 rings (SSSR count). The van der Waals surface area contributed by atoms with E-state index in [1.165, 1.54) is 12.1 Å². The van der Waals surface area contributed by atoms with Gasteiger partial charge in [-0.05, 0) is 23.8 Å². The van der Waals surface area contributed by atoms with E-state index in [4.69, 9.17) is 4.74 Å². The lowest BCUT2D eigenvalue weighted by molar-refractivity contribution is -0.120. The van der Waals surface area contributed by atoms with Crippen molar-refractivity contribution in [2.75, 3.05) is 26.7 Å². The van der Waals surface area contributed by atoms with Gasteiger partial charge >= 0.3 is 0 Å². The molecule has 0 fully saturated rings. The van der Waals surface area contributed by atoms with Crippen LogP contribution in [-0.4, -0.2) is 52.3 Å². The Morgan fingerprint density at radius 1 is 1.15 bits per heavy atom. The number of ether oxygens (including phenoxy) is 1. The van der Waals surface area contributed by atoms with Crippen LogP contribution in [0.15, 0.2) is 54.6 Å². The number of carbonyl (C=O) groups is 1. The zero-order valence-electron chi connectivity index (χ0n) is 18.7. The van der Waals surface area contributed by atoms with Gasteiger partial charge in [-0.15, -0.1) is 10.2 Å². The van der Waals surface area contributed by atoms with Gasteiger partial charge in [0.2, 0.25) is 5.91 Å². The SMILES string of the molecule is COc1ccccc1C=CCN1CCc2nnc(CNC(=O)Cc3cccc(F)c3)n2CC1. The lowest BCUT2D eigenvalue weighted by Gasteiger charge is -2.17. The van der Waals surface area contributed by atoms with Crippen molar-refractivity contribution in [1.29, 1.82) is 0 Å². The summed E-state index contributed by atoms with van der Waals surface area (Å²) in [5, 5.41) is 11.5. The summed E-state index contributed by atoms with van der Waals surface area (Å²) in [6.45, 7) is 3.65. The summed E-state index contributed by atoms with van der Waals surface area (Å²) in [4.78, 5) is 14.6. The van der Waals surface area contributed by atoms with E-state index in [2.05, 4.69) is 37.1 Å². The number of amides is 1. The van der Waals surface area contributed by atoms with Crippen LogP contribution in [0.3, 0.4) is 0 Å². The minimum Gasteiger partial charge on any atom is -0.496 e. The molecule has 7 nitrogen and oxygen atoms in total. The van der Waals surface area contributed by atoms with Crippen LogP contribution in [0.2, 0.25) is 0 Å². The Morgan fingerprint density at radius 2 is 2.03 bits per heavy atom. The Kier molecular flexibility index (Phi) is 7.47. The number of aromatic nitrogens is 3. The third kappa shape index (κ3) is 6.04. The lowest BCUT2D eigenvalue weighted by Crippen LogP contribution is -2.28. The maximum atomic E-state index is 13.3. The van der Waals surface area contributed by atoms with E-state index in [0.29, 0.717) is 12.1 Å². The van der Waals surface area contributed by atoms with Gasteiger partial charge in [-0.25, -0.2) is 4.39 Å². The molecule has 2 aromatic carbocycles. The fourth-order valence-electron chi connectivity index (χ4n) is 3.95. The number of hydrogen-bond donors (Lipinski definition) is 1. The van der Waals surface area contributed by atoms with Gasteiger partial charge in [0, 0.05) is 38.2 Å². The summed E-state index contributed by atoms with van der Waals surface area (Å²) >= 11 is 0. The number of nitrogens with zero attached hydrogens (tertiary/aromatic N) is 4. The van der Waals surface area contributed by atoms with E-state index in [1.54, 1.807) is 19.2 Å². The minimum absolute atomic E-state index is 0.130. The van der Waals surface area contributed by atoms with Crippen molar-refractivity contribution in [2.45, 2.75) is 25.9 Å². The van der Waals surface area contributed by atoms with E-state index < -0.39 is 0 Å². The zero-order chi connectivity index (χ0) is 23.0. The van der Waals surface area contributed by atoms with Crippen molar-refractivity contribution in [2.24, 2.45) is 0 Å². The zero-order valence-corrected chi connectivity index (χ0v) is 18.7. The predicted molar refractivity (Wildman–Crippen MR) is 124 cm³/mol. The van der Waals surface area contributed by atoms with E-state index in [9.17, 15) is 9.18 Å². The molecule has 0 saturated heterocycles. The van der Waals surface area contributed by atoms with Crippen LogP contribution in [0, 0.1) is 5.82 Å². The van der Waals surface area contributed by atoms with Crippen LogP contribution in [0.1, 0.15) is 22.8 Å². The largest absolute Gasteiger partial charge is 0.496 e. The molecule has 1 aliphatic heterocycles. The number of nitrogens with one attached hydrogen (secondary N) is 1. The molecule has 1 N–H and O–H groups in total. The van der Waals surface area contributed by atoms with Crippen molar-refractivity contribution in [1.82, 2.24) is 25.0 Å². The Labute approximate surface area is 192 Å². The molecule has 0 saturated carbocycles. The first-order valence-electron chi connectivity index (χ1n) is 11.1.